The largest absolute Gasteiger partial charge is 0.453 e. The Kier molecular flexibility index (Phi) is 5.17. The number of nitrogens with zero attached hydrogens (tertiary/aromatic N) is 3. The van der Waals surface area contributed by atoms with E-state index in [0.29, 0.717) is 72.6 Å². The number of amides is 1. The van der Waals surface area contributed by atoms with E-state index >= 15 is 0 Å². The minimum atomic E-state index is -0.106. The topological polar surface area (TPSA) is 125 Å². The number of benzene rings is 1. The van der Waals surface area contributed by atoms with Crippen LogP contribution in [-0.2, 0) is 4.74 Å². The summed E-state index contributed by atoms with van der Waals surface area (Å²) in [5.41, 5.74) is 3.02. The fourth-order valence-electron chi connectivity index (χ4n) is 3.96. The van der Waals surface area contributed by atoms with Crippen molar-refractivity contribution in [2.24, 2.45) is 0 Å². The normalized spacial score (nSPS) is 14.9. The third-order valence-electron chi connectivity index (χ3n) is 5.44. The summed E-state index contributed by atoms with van der Waals surface area (Å²) in [4.78, 5) is 22.4. The first-order chi connectivity index (χ1) is 15.7. The third-order valence-corrected chi connectivity index (χ3v) is 5.44. The number of ether oxygens (including phenoxy) is 3. The molecule has 164 valence electrons. The SMILES string of the molecule is CCNc1cc(Nc2ccc(C(=O)N3CCOCC3)c3c2OCO3)nc2[nH]cc(C#N)c12. The lowest BCUT2D eigenvalue weighted by Gasteiger charge is -2.27. The highest BCUT2D eigenvalue weighted by Crippen LogP contribution is 2.44. The van der Waals surface area contributed by atoms with Crippen LogP contribution < -0.4 is 20.1 Å². The zero-order valence-electron chi connectivity index (χ0n) is 17.5. The van der Waals surface area contributed by atoms with Crippen LogP contribution in [0.1, 0.15) is 22.8 Å². The summed E-state index contributed by atoms with van der Waals surface area (Å²) >= 11 is 0. The van der Waals surface area contributed by atoms with Crippen molar-refractivity contribution in [1.82, 2.24) is 14.9 Å². The molecule has 2 aromatic heterocycles. The van der Waals surface area contributed by atoms with Gasteiger partial charge in [-0.2, -0.15) is 5.26 Å². The van der Waals surface area contributed by atoms with Gasteiger partial charge in [-0.1, -0.05) is 0 Å². The first kappa shape index (κ1) is 20.0. The van der Waals surface area contributed by atoms with Crippen LogP contribution in [0.4, 0.5) is 17.2 Å². The number of carbonyl (C=O) groups excluding carboxylic acids is 1. The van der Waals surface area contributed by atoms with Gasteiger partial charge in [-0.15, -0.1) is 0 Å². The molecular formula is C22H22N6O4. The Balaban J connectivity index is 1.49. The second-order valence-electron chi connectivity index (χ2n) is 7.38. The Bertz CT molecular complexity index is 1230. The van der Waals surface area contributed by atoms with Crippen LogP contribution in [-0.4, -0.2) is 60.4 Å². The molecule has 3 N–H and O–H groups in total. The van der Waals surface area contributed by atoms with Crippen molar-refractivity contribution >= 4 is 34.1 Å². The number of aromatic amines is 1. The zero-order valence-corrected chi connectivity index (χ0v) is 17.5. The van der Waals surface area contributed by atoms with Crippen LogP contribution in [0.2, 0.25) is 0 Å². The monoisotopic (exact) mass is 434 g/mol. The van der Waals surface area contributed by atoms with E-state index in [1.165, 1.54) is 0 Å². The van der Waals surface area contributed by atoms with Crippen molar-refractivity contribution in [2.45, 2.75) is 6.92 Å². The van der Waals surface area contributed by atoms with Gasteiger partial charge in [0, 0.05) is 31.9 Å². The summed E-state index contributed by atoms with van der Waals surface area (Å²) in [6.07, 6.45) is 1.64. The second kappa shape index (κ2) is 8.28. The van der Waals surface area contributed by atoms with E-state index in [0.717, 1.165) is 11.1 Å². The molecule has 0 aliphatic carbocycles. The van der Waals surface area contributed by atoms with Gasteiger partial charge in [0.2, 0.25) is 6.79 Å². The highest BCUT2D eigenvalue weighted by molar-refractivity contribution is 6.00. The molecule has 10 nitrogen and oxygen atoms in total. The summed E-state index contributed by atoms with van der Waals surface area (Å²) in [5.74, 6) is 1.35. The molecule has 1 aromatic carbocycles. The Hall–Kier alpha value is -3.97. The first-order valence-electron chi connectivity index (χ1n) is 10.4. The number of rotatable bonds is 5. The number of nitrogens with one attached hydrogen (secondary N) is 3. The van der Waals surface area contributed by atoms with Crippen molar-refractivity contribution in [3.63, 3.8) is 0 Å². The molecule has 32 heavy (non-hydrogen) atoms. The lowest BCUT2D eigenvalue weighted by atomic mass is 10.1. The number of anilines is 3. The molecule has 1 amide bonds. The minimum Gasteiger partial charge on any atom is -0.453 e. The van der Waals surface area contributed by atoms with Crippen molar-refractivity contribution in [1.29, 1.82) is 5.26 Å². The van der Waals surface area contributed by atoms with Gasteiger partial charge in [0.15, 0.2) is 11.5 Å². The third kappa shape index (κ3) is 3.42. The minimum absolute atomic E-state index is 0.0364. The Morgan fingerprint density at radius 3 is 2.84 bits per heavy atom. The van der Waals surface area contributed by atoms with Crippen LogP contribution in [0.3, 0.4) is 0 Å². The molecule has 0 spiro atoms. The van der Waals surface area contributed by atoms with Gasteiger partial charge in [0.1, 0.15) is 17.5 Å². The Labute approximate surface area is 184 Å². The van der Waals surface area contributed by atoms with E-state index in [2.05, 4.69) is 26.7 Å². The van der Waals surface area contributed by atoms with E-state index in [1.54, 1.807) is 23.2 Å². The molecule has 1 saturated heterocycles. The van der Waals surface area contributed by atoms with Gasteiger partial charge in [-0.25, -0.2) is 4.98 Å². The van der Waals surface area contributed by atoms with Crippen LogP contribution in [0.5, 0.6) is 11.5 Å². The average molecular weight is 434 g/mol. The molecule has 0 unspecified atom stereocenters. The number of fused-ring (bicyclic) bond motifs is 2. The molecule has 0 bridgehead atoms. The van der Waals surface area contributed by atoms with E-state index < -0.39 is 0 Å². The lowest BCUT2D eigenvalue weighted by molar-refractivity contribution is 0.0300. The lowest BCUT2D eigenvalue weighted by Crippen LogP contribution is -2.40. The predicted octanol–water partition coefficient (Wildman–Crippen LogP) is 2.81. The average Bonchev–Trinajstić information content (AvgIpc) is 3.47. The molecule has 3 aromatic rings. The molecule has 10 heteroatoms. The van der Waals surface area contributed by atoms with Crippen molar-refractivity contribution < 1.29 is 19.0 Å². The number of pyridine rings is 1. The van der Waals surface area contributed by atoms with Gasteiger partial charge >= 0.3 is 0 Å². The maximum absolute atomic E-state index is 13.0. The number of morpholine rings is 1. The van der Waals surface area contributed by atoms with Gasteiger partial charge in [-0.3, -0.25) is 4.79 Å². The highest BCUT2D eigenvalue weighted by atomic mass is 16.7. The zero-order chi connectivity index (χ0) is 22.1. The van der Waals surface area contributed by atoms with Crippen LogP contribution in [0, 0.1) is 11.3 Å². The molecule has 2 aliphatic heterocycles. The number of aromatic nitrogens is 2. The van der Waals surface area contributed by atoms with E-state index in [4.69, 9.17) is 14.2 Å². The standard InChI is InChI=1S/C22H22N6O4/c1-2-24-16-9-17(27-21-18(16)13(10-23)11-25-21)26-15-4-3-14(19-20(15)32-12-31-19)22(29)28-5-7-30-8-6-28/h3-4,9,11H,2,5-8,12H2,1H3,(H3,24,25,26,27). The van der Waals surface area contributed by atoms with Gasteiger partial charge in [0.05, 0.1) is 41.1 Å². The van der Waals surface area contributed by atoms with Gasteiger partial charge < -0.3 is 34.7 Å². The highest BCUT2D eigenvalue weighted by Gasteiger charge is 2.29. The van der Waals surface area contributed by atoms with E-state index in [1.807, 2.05) is 13.0 Å². The van der Waals surface area contributed by atoms with Crippen molar-refractivity contribution in [3.8, 4) is 17.6 Å². The maximum atomic E-state index is 13.0. The molecule has 0 atom stereocenters. The summed E-state index contributed by atoms with van der Waals surface area (Å²) < 4.78 is 16.7. The van der Waals surface area contributed by atoms with Crippen LogP contribution in [0.25, 0.3) is 11.0 Å². The number of carbonyl (C=O) groups is 1. The first-order valence-corrected chi connectivity index (χ1v) is 10.4. The fourth-order valence-corrected chi connectivity index (χ4v) is 3.96. The quantitative estimate of drug-likeness (QED) is 0.560. The number of H-pyrrole nitrogens is 1. The molecule has 0 saturated carbocycles. The summed E-state index contributed by atoms with van der Waals surface area (Å²) in [7, 11) is 0. The number of hydrogen-bond donors (Lipinski definition) is 3. The van der Waals surface area contributed by atoms with E-state index in [9.17, 15) is 10.1 Å². The van der Waals surface area contributed by atoms with E-state index in [-0.39, 0.29) is 12.7 Å². The van der Waals surface area contributed by atoms with Crippen molar-refractivity contribution in [3.05, 3.63) is 35.5 Å². The fraction of sp³-hybridized carbons (Fsp3) is 0.318. The maximum Gasteiger partial charge on any atom is 0.257 e. The van der Waals surface area contributed by atoms with Crippen LogP contribution >= 0.6 is 0 Å². The molecular weight excluding hydrogens is 412 g/mol. The number of hydrogen-bond acceptors (Lipinski definition) is 8. The van der Waals surface area contributed by atoms with Crippen molar-refractivity contribution in [2.75, 3.05) is 50.3 Å². The summed E-state index contributed by atoms with van der Waals surface area (Å²) in [6, 6.07) is 7.55. The number of nitriles is 1. The second-order valence-corrected chi connectivity index (χ2v) is 7.38. The molecule has 5 rings (SSSR count). The Morgan fingerprint density at radius 1 is 1.25 bits per heavy atom. The summed E-state index contributed by atoms with van der Waals surface area (Å²) in [5, 5.41) is 16.7. The molecule has 1 fully saturated rings. The smallest absolute Gasteiger partial charge is 0.257 e. The Morgan fingerprint density at radius 2 is 2.06 bits per heavy atom. The molecule has 4 heterocycles. The van der Waals surface area contributed by atoms with Gasteiger partial charge in [0.25, 0.3) is 5.91 Å². The predicted molar refractivity (Wildman–Crippen MR) is 118 cm³/mol. The van der Waals surface area contributed by atoms with Gasteiger partial charge in [-0.05, 0) is 19.1 Å². The van der Waals surface area contributed by atoms with Crippen LogP contribution in [0.15, 0.2) is 24.4 Å². The molecule has 2 aliphatic rings. The molecule has 0 radical (unpaired) electrons. The summed E-state index contributed by atoms with van der Waals surface area (Å²) in [6.45, 7) is 4.87.